The molecule has 4 heteroatoms. The van der Waals surface area contributed by atoms with Crippen LogP contribution in [0, 0.1) is 5.92 Å². The average Bonchev–Trinajstić information content (AvgIpc) is 2.83. The highest BCUT2D eigenvalue weighted by Crippen LogP contribution is 2.31. The molecule has 0 unspecified atom stereocenters. The normalized spacial score (nSPS) is 11.3. The maximum Gasteiger partial charge on any atom is 0.346 e. The smallest absolute Gasteiger partial charge is 0.346 e. The van der Waals surface area contributed by atoms with E-state index < -0.39 is 5.97 Å². The molecule has 20 heavy (non-hydrogen) atoms. The number of aromatic carboxylic acids is 1. The van der Waals surface area contributed by atoms with Crippen LogP contribution in [-0.4, -0.2) is 17.6 Å². The van der Waals surface area contributed by atoms with Crippen molar-refractivity contribution in [2.75, 3.05) is 6.54 Å². The number of nitrogens with one attached hydrogen (secondary N) is 1. The Kier molecular flexibility index (Phi) is 5.15. The van der Waals surface area contributed by atoms with Gasteiger partial charge in [-0.15, -0.1) is 11.3 Å². The van der Waals surface area contributed by atoms with E-state index in [9.17, 15) is 9.90 Å². The SMILES string of the molecule is CCC(CC)CNCc1c(C(=O)O)sc2ccccc12. The monoisotopic (exact) mass is 291 g/mol. The topological polar surface area (TPSA) is 49.3 Å². The van der Waals surface area contributed by atoms with Gasteiger partial charge in [-0.05, 0) is 29.5 Å². The fraction of sp³-hybridized carbons (Fsp3) is 0.438. The van der Waals surface area contributed by atoms with Gasteiger partial charge in [-0.3, -0.25) is 0 Å². The third-order valence-electron chi connectivity index (χ3n) is 3.78. The molecule has 2 rings (SSSR count). The standard InChI is InChI=1S/C16H21NO2S/c1-3-11(4-2)9-17-10-13-12-7-5-6-8-14(12)20-15(13)16(18)19/h5-8,11,17H,3-4,9-10H2,1-2H3,(H,18,19). The van der Waals surface area contributed by atoms with Gasteiger partial charge >= 0.3 is 5.97 Å². The number of rotatable bonds is 7. The van der Waals surface area contributed by atoms with Crippen molar-refractivity contribution >= 4 is 27.4 Å². The minimum Gasteiger partial charge on any atom is -0.477 e. The summed E-state index contributed by atoms with van der Waals surface area (Å²) in [6, 6.07) is 7.90. The molecule has 0 aliphatic heterocycles. The van der Waals surface area contributed by atoms with E-state index in [1.54, 1.807) is 0 Å². The molecule has 0 radical (unpaired) electrons. The Morgan fingerprint density at radius 1 is 1.30 bits per heavy atom. The van der Waals surface area contributed by atoms with Crippen LogP contribution in [0.1, 0.15) is 41.9 Å². The zero-order chi connectivity index (χ0) is 14.5. The molecule has 3 nitrogen and oxygen atoms in total. The average molecular weight is 291 g/mol. The molecule has 1 aromatic heterocycles. The molecule has 1 aromatic carbocycles. The van der Waals surface area contributed by atoms with E-state index in [-0.39, 0.29) is 0 Å². The second kappa shape index (κ2) is 6.86. The lowest BCUT2D eigenvalue weighted by Crippen LogP contribution is -2.22. The van der Waals surface area contributed by atoms with Crippen LogP contribution in [0.3, 0.4) is 0 Å². The summed E-state index contributed by atoms with van der Waals surface area (Å²) in [7, 11) is 0. The van der Waals surface area contributed by atoms with Crippen molar-refractivity contribution in [1.29, 1.82) is 0 Å². The van der Waals surface area contributed by atoms with Gasteiger partial charge in [0.1, 0.15) is 4.88 Å². The first-order chi connectivity index (χ1) is 9.67. The van der Waals surface area contributed by atoms with Crippen LogP contribution < -0.4 is 5.32 Å². The number of hydrogen-bond acceptors (Lipinski definition) is 3. The summed E-state index contributed by atoms with van der Waals surface area (Å²) < 4.78 is 1.05. The zero-order valence-corrected chi connectivity index (χ0v) is 12.8. The first kappa shape index (κ1) is 15.0. The molecule has 2 aromatic rings. The Morgan fingerprint density at radius 2 is 2.00 bits per heavy atom. The van der Waals surface area contributed by atoms with Crippen LogP contribution in [0.25, 0.3) is 10.1 Å². The van der Waals surface area contributed by atoms with Crippen LogP contribution in [0.5, 0.6) is 0 Å². The molecule has 0 bridgehead atoms. The van der Waals surface area contributed by atoms with Gasteiger partial charge in [-0.2, -0.15) is 0 Å². The third-order valence-corrected chi connectivity index (χ3v) is 4.98. The van der Waals surface area contributed by atoms with Crippen molar-refractivity contribution < 1.29 is 9.90 Å². The lowest BCUT2D eigenvalue weighted by molar-refractivity contribution is 0.0701. The Hall–Kier alpha value is -1.39. The fourth-order valence-electron chi connectivity index (χ4n) is 2.43. The predicted molar refractivity (Wildman–Crippen MR) is 84.6 cm³/mol. The van der Waals surface area contributed by atoms with E-state index in [4.69, 9.17) is 0 Å². The molecule has 0 aliphatic rings. The van der Waals surface area contributed by atoms with Gasteiger partial charge in [0, 0.05) is 11.2 Å². The van der Waals surface area contributed by atoms with E-state index >= 15 is 0 Å². The Morgan fingerprint density at radius 3 is 2.65 bits per heavy atom. The summed E-state index contributed by atoms with van der Waals surface area (Å²) >= 11 is 1.36. The van der Waals surface area contributed by atoms with Crippen molar-refractivity contribution in [1.82, 2.24) is 5.32 Å². The summed E-state index contributed by atoms with van der Waals surface area (Å²) in [4.78, 5) is 11.8. The molecule has 0 saturated carbocycles. The molecule has 0 amide bonds. The van der Waals surface area contributed by atoms with Crippen molar-refractivity contribution in [3.05, 3.63) is 34.7 Å². The first-order valence-corrected chi connectivity index (χ1v) is 7.93. The quantitative estimate of drug-likeness (QED) is 0.806. The predicted octanol–water partition coefficient (Wildman–Crippen LogP) is 4.13. The molecule has 0 saturated heterocycles. The van der Waals surface area contributed by atoms with Crippen LogP contribution in [-0.2, 0) is 6.54 Å². The minimum atomic E-state index is -0.828. The van der Waals surface area contributed by atoms with Crippen LogP contribution >= 0.6 is 11.3 Å². The molecule has 0 fully saturated rings. The summed E-state index contributed by atoms with van der Waals surface area (Å²) in [6.45, 7) is 5.95. The van der Waals surface area contributed by atoms with Gasteiger partial charge < -0.3 is 10.4 Å². The lowest BCUT2D eigenvalue weighted by Gasteiger charge is -2.13. The van der Waals surface area contributed by atoms with E-state index in [0.717, 1.165) is 35.0 Å². The number of hydrogen-bond donors (Lipinski definition) is 2. The van der Waals surface area contributed by atoms with E-state index in [0.29, 0.717) is 17.3 Å². The molecule has 0 spiro atoms. The van der Waals surface area contributed by atoms with Crippen LogP contribution in [0.15, 0.2) is 24.3 Å². The first-order valence-electron chi connectivity index (χ1n) is 7.11. The minimum absolute atomic E-state index is 0.461. The highest BCUT2D eigenvalue weighted by Gasteiger charge is 2.17. The molecule has 1 heterocycles. The molecular formula is C16H21NO2S. The van der Waals surface area contributed by atoms with E-state index in [1.165, 1.54) is 11.3 Å². The van der Waals surface area contributed by atoms with Gasteiger partial charge in [0.2, 0.25) is 0 Å². The van der Waals surface area contributed by atoms with E-state index in [1.807, 2.05) is 24.3 Å². The fourth-order valence-corrected chi connectivity index (χ4v) is 3.49. The van der Waals surface area contributed by atoms with Crippen molar-refractivity contribution in [2.45, 2.75) is 33.2 Å². The molecule has 0 atom stereocenters. The van der Waals surface area contributed by atoms with Gasteiger partial charge in [-0.25, -0.2) is 4.79 Å². The number of fused-ring (bicyclic) bond motifs is 1. The molecule has 108 valence electrons. The lowest BCUT2D eigenvalue weighted by atomic mass is 10.0. The number of carbonyl (C=O) groups is 1. The summed E-state index contributed by atoms with van der Waals surface area (Å²) in [6.07, 6.45) is 2.30. The molecule has 2 N–H and O–H groups in total. The van der Waals surface area contributed by atoms with Crippen LogP contribution in [0.2, 0.25) is 0 Å². The number of benzene rings is 1. The summed E-state index contributed by atoms with van der Waals surface area (Å²) in [5.41, 5.74) is 0.920. The summed E-state index contributed by atoms with van der Waals surface area (Å²) in [5, 5.41) is 13.8. The van der Waals surface area contributed by atoms with Crippen LogP contribution in [0.4, 0.5) is 0 Å². The Balaban J connectivity index is 2.19. The third kappa shape index (κ3) is 3.19. The maximum absolute atomic E-state index is 11.4. The number of carboxylic acids is 1. The van der Waals surface area contributed by atoms with Crippen molar-refractivity contribution in [3.63, 3.8) is 0 Å². The second-order valence-electron chi connectivity index (χ2n) is 5.02. The number of carboxylic acid groups (broad SMARTS) is 1. The highest BCUT2D eigenvalue weighted by molar-refractivity contribution is 7.21. The van der Waals surface area contributed by atoms with Crippen molar-refractivity contribution in [2.24, 2.45) is 5.92 Å². The molecular weight excluding hydrogens is 270 g/mol. The largest absolute Gasteiger partial charge is 0.477 e. The van der Waals surface area contributed by atoms with Gasteiger partial charge in [0.05, 0.1) is 0 Å². The van der Waals surface area contributed by atoms with Crippen molar-refractivity contribution in [3.8, 4) is 0 Å². The number of thiophene rings is 1. The second-order valence-corrected chi connectivity index (χ2v) is 6.08. The van der Waals surface area contributed by atoms with E-state index in [2.05, 4.69) is 19.2 Å². The Bertz CT molecular complexity index is 587. The molecule has 0 aliphatic carbocycles. The Labute approximate surface area is 123 Å². The zero-order valence-electron chi connectivity index (χ0n) is 12.0. The van der Waals surface area contributed by atoms with Gasteiger partial charge in [0.15, 0.2) is 0 Å². The van der Waals surface area contributed by atoms with Gasteiger partial charge in [-0.1, -0.05) is 44.9 Å². The highest BCUT2D eigenvalue weighted by atomic mass is 32.1. The summed E-state index contributed by atoms with van der Waals surface area (Å²) in [5.74, 6) is -0.168. The van der Waals surface area contributed by atoms with Gasteiger partial charge in [0.25, 0.3) is 0 Å². The maximum atomic E-state index is 11.4.